The SMILES string of the molecule is CC(=O)c1csc(NC(=O)c2nn(C(C)C)c(=O)c3ccccc23)n1. The van der Waals surface area contributed by atoms with Crippen molar-refractivity contribution in [1.29, 1.82) is 0 Å². The van der Waals surface area contributed by atoms with Gasteiger partial charge in [0.25, 0.3) is 11.5 Å². The van der Waals surface area contributed by atoms with Crippen LogP contribution in [0.3, 0.4) is 0 Å². The summed E-state index contributed by atoms with van der Waals surface area (Å²) in [4.78, 5) is 40.6. The lowest BCUT2D eigenvalue weighted by molar-refractivity contribution is 0.100. The van der Waals surface area contributed by atoms with Crippen molar-refractivity contribution in [3.8, 4) is 0 Å². The van der Waals surface area contributed by atoms with Gasteiger partial charge in [-0.25, -0.2) is 9.67 Å². The first-order valence-corrected chi connectivity index (χ1v) is 8.56. The van der Waals surface area contributed by atoms with E-state index in [-0.39, 0.29) is 23.1 Å². The summed E-state index contributed by atoms with van der Waals surface area (Å²) in [5.74, 6) is -0.649. The van der Waals surface area contributed by atoms with Crippen molar-refractivity contribution in [3.05, 3.63) is 51.4 Å². The molecule has 3 aromatic rings. The number of thiazole rings is 1. The molecule has 8 heteroatoms. The zero-order valence-electron chi connectivity index (χ0n) is 13.9. The Morgan fingerprint density at radius 3 is 2.48 bits per heavy atom. The Balaban J connectivity index is 2.07. The number of amides is 1. The van der Waals surface area contributed by atoms with E-state index in [1.807, 2.05) is 13.8 Å². The van der Waals surface area contributed by atoms with E-state index in [0.717, 1.165) is 11.3 Å². The van der Waals surface area contributed by atoms with Crippen LogP contribution in [-0.2, 0) is 0 Å². The van der Waals surface area contributed by atoms with Crippen molar-refractivity contribution in [2.45, 2.75) is 26.8 Å². The summed E-state index contributed by atoms with van der Waals surface area (Å²) >= 11 is 1.16. The summed E-state index contributed by atoms with van der Waals surface area (Å²) < 4.78 is 1.29. The predicted molar refractivity (Wildman–Crippen MR) is 96.5 cm³/mol. The standard InChI is InChI=1S/C17H16N4O3S/c1-9(2)21-16(24)12-7-5-4-6-11(12)14(20-21)15(23)19-17-18-13(8-25-17)10(3)22/h4-9H,1-3H3,(H,18,19,23). The first kappa shape index (κ1) is 17.0. The normalized spacial score (nSPS) is 11.0. The summed E-state index contributed by atoms with van der Waals surface area (Å²) in [5, 5.41) is 9.69. The van der Waals surface area contributed by atoms with Gasteiger partial charge in [-0.05, 0) is 19.9 Å². The monoisotopic (exact) mass is 356 g/mol. The molecule has 0 fully saturated rings. The summed E-state index contributed by atoms with van der Waals surface area (Å²) in [6.07, 6.45) is 0. The van der Waals surface area contributed by atoms with Gasteiger partial charge in [0, 0.05) is 17.7 Å². The van der Waals surface area contributed by atoms with Gasteiger partial charge >= 0.3 is 0 Å². The molecule has 1 N–H and O–H groups in total. The summed E-state index contributed by atoms with van der Waals surface area (Å²) in [5.41, 5.74) is 0.198. The van der Waals surface area contributed by atoms with Crippen LogP contribution in [0.4, 0.5) is 5.13 Å². The number of rotatable bonds is 4. The molecule has 0 aliphatic carbocycles. The number of nitrogens with zero attached hydrogens (tertiary/aromatic N) is 3. The Morgan fingerprint density at radius 1 is 1.20 bits per heavy atom. The van der Waals surface area contributed by atoms with Gasteiger partial charge in [0.05, 0.1) is 11.4 Å². The van der Waals surface area contributed by atoms with Gasteiger partial charge in [0.1, 0.15) is 5.69 Å². The average molecular weight is 356 g/mol. The second kappa shape index (κ2) is 6.56. The van der Waals surface area contributed by atoms with Gasteiger partial charge < -0.3 is 0 Å². The lowest BCUT2D eigenvalue weighted by atomic mass is 10.1. The third-order valence-corrected chi connectivity index (χ3v) is 4.38. The highest BCUT2D eigenvalue weighted by Crippen LogP contribution is 2.19. The summed E-state index contributed by atoms with van der Waals surface area (Å²) in [7, 11) is 0. The van der Waals surface area contributed by atoms with E-state index in [9.17, 15) is 14.4 Å². The van der Waals surface area contributed by atoms with Crippen LogP contribution in [0.15, 0.2) is 34.4 Å². The fourth-order valence-electron chi connectivity index (χ4n) is 2.37. The van der Waals surface area contributed by atoms with Crippen LogP contribution in [0.5, 0.6) is 0 Å². The second-order valence-corrected chi connectivity index (χ2v) is 6.64. The van der Waals surface area contributed by atoms with Crippen molar-refractivity contribution in [2.24, 2.45) is 0 Å². The minimum absolute atomic E-state index is 0.142. The molecule has 1 aromatic carbocycles. The molecule has 7 nitrogen and oxygen atoms in total. The Labute approximate surface area is 147 Å². The highest BCUT2D eigenvalue weighted by Gasteiger charge is 2.19. The molecule has 0 unspecified atom stereocenters. The number of ketones is 1. The highest BCUT2D eigenvalue weighted by molar-refractivity contribution is 7.14. The Morgan fingerprint density at radius 2 is 1.88 bits per heavy atom. The quantitative estimate of drug-likeness (QED) is 0.726. The van der Waals surface area contributed by atoms with Crippen LogP contribution >= 0.6 is 11.3 Å². The number of nitrogens with one attached hydrogen (secondary N) is 1. The van der Waals surface area contributed by atoms with Gasteiger partial charge in [-0.1, -0.05) is 18.2 Å². The number of carbonyl (C=O) groups is 2. The third kappa shape index (κ3) is 3.20. The van der Waals surface area contributed by atoms with E-state index >= 15 is 0 Å². The van der Waals surface area contributed by atoms with E-state index in [4.69, 9.17) is 0 Å². The molecule has 1 amide bonds. The molecule has 3 rings (SSSR count). The molecule has 128 valence electrons. The smallest absolute Gasteiger partial charge is 0.278 e. The molecule has 0 aliphatic heterocycles. The molecule has 0 saturated carbocycles. The topological polar surface area (TPSA) is 94.0 Å². The zero-order valence-corrected chi connectivity index (χ0v) is 14.8. The maximum atomic E-state index is 12.7. The molecule has 0 aliphatic rings. The molecule has 25 heavy (non-hydrogen) atoms. The highest BCUT2D eigenvalue weighted by atomic mass is 32.1. The maximum Gasteiger partial charge on any atom is 0.278 e. The number of fused-ring (bicyclic) bond motifs is 1. The number of aromatic nitrogens is 3. The Hall–Kier alpha value is -2.87. The van der Waals surface area contributed by atoms with Crippen LogP contribution in [-0.4, -0.2) is 26.5 Å². The first-order valence-electron chi connectivity index (χ1n) is 7.68. The van der Waals surface area contributed by atoms with E-state index in [2.05, 4.69) is 15.4 Å². The fourth-order valence-corrected chi connectivity index (χ4v) is 3.12. The van der Waals surface area contributed by atoms with E-state index < -0.39 is 5.91 Å². The van der Waals surface area contributed by atoms with E-state index in [1.54, 1.807) is 29.6 Å². The van der Waals surface area contributed by atoms with Crippen molar-refractivity contribution in [2.75, 3.05) is 5.32 Å². The van der Waals surface area contributed by atoms with Gasteiger partial charge in [0.15, 0.2) is 16.6 Å². The van der Waals surface area contributed by atoms with Crippen LogP contribution < -0.4 is 10.9 Å². The molecular formula is C17H16N4O3S. The first-order chi connectivity index (χ1) is 11.9. The van der Waals surface area contributed by atoms with Gasteiger partial charge in [-0.2, -0.15) is 5.10 Å². The van der Waals surface area contributed by atoms with Crippen LogP contribution in [0.1, 0.15) is 47.8 Å². The number of Topliss-reactive ketones (excluding diaryl/α,β-unsaturated/α-hetero) is 1. The largest absolute Gasteiger partial charge is 0.296 e. The lowest BCUT2D eigenvalue weighted by Crippen LogP contribution is -2.28. The van der Waals surface area contributed by atoms with Crippen molar-refractivity contribution < 1.29 is 9.59 Å². The number of carbonyl (C=O) groups excluding carboxylic acids is 2. The molecule has 0 atom stereocenters. The van der Waals surface area contributed by atoms with Crippen molar-refractivity contribution >= 4 is 38.9 Å². The number of anilines is 1. The number of hydrogen-bond acceptors (Lipinski definition) is 6. The van der Waals surface area contributed by atoms with Crippen LogP contribution in [0.25, 0.3) is 10.8 Å². The predicted octanol–water partition coefficient (Wildman–Crippen LogP) is 2.89. The molecule has 0 radical (unpaired) electrons. The minimum Gasteiger partial charge on any atom is -0.296 e. The van der Waals surface area contributed by atoms with Crippen LogP contribution in [0.2, 0.25) is 0 Å². The fraction of sp³-hybridized carbons (Fsp3) is 0.235. The van der Waals surface area contributed by atoms with Gasteiger partial charge in [-0.3, -0.25) is 19.7 Å². The number of hydrogen-bond donors (Lipinski definition) is 1. The molecule has 2 heterocycles. The molecule has 0 bridgehead atoms. The third-order valence-electron chi connectivity index (χ3n) is 3.62. The lowest BCUT2D eigenvalue weighted by Gasteiger charge is -2.12. The minimum atomic E-state index is -0.477. The average Bonchev–Trinajstić information content (AvgIpc) is 3.03. The van der Waals surface area contributed by atoms with Crippen molar-refractivity contribution in [3.63, 3.8) is 0 Å². The Bertz CT molecular complexity index is 1040. The van der Waals surface area contributed by atoms with Gasteiger partial charge in [0.2, 0.25) is 0 Å². The maximum absolute atomic E-state index is 12.7. The summed E-state index contributed by atoms with van der Waals surface area (Å²) in [6.45, 7) is 5.06. The second-order valence-electron chi connectivity index (χ2n) is 5.79. The molecule has 0 spiro atoms. The zero-order chi connectivity index (χ0) is 18.1. The molecule has 0 saturated heterocycles. The van der Waals surface area contributed by atoms with Crippen LogP contribution in [0, 0.1) is 0 Å². The van der Waals surface area contributed by atoms with E-state index in [0.29, 0.717) is 21.6 Å². The van der Waals surface area contributed by atoms with Gasteiger partial charge in [-0.15, -0.1) is 11.3 Å². The van der Waals surface area contributed by atoms with Crippen molar-refractivity contribution in [1.82, 2.24) is 14.8 Å². The molecular weight excluding hydrogens is 340 g/mol. The number of benzene rings is 1. The Kier molecular flexibility index (Phi) is 4.45. The molecule has 2 aromatic heterocycles. The van der Waals surface area contributed by atoms with E-state index in [1.165, 1.54) is 11.6 Å². The summed E-state index contributed by atoms with van der Waals surface area (Å²) in [6, 6.07) is 6.67.